The van der Waals surface area contributed by atoms with Crippen LogP contribution in [0.4, 0.5) is 5.69 Å². The maximum absolute atomic E-state index is 12.3. The molecule has 1 fully saturated rings. The van der Waals surface area contributed by atoms with E-state index >= 15 is 0 Å². The number of carbonyl (C=O) groups is 2. The third-order valence-corrected chi connectivity index (χ3v) is 3.89. The standard InChI is InChI=1S/C16H22N2O3/c1-3-15(19)18-10-8-12(9-11-18)16(20)17-13-6-4-5-7-14(13)21-2/h4-7,12H,3,8-11H2,1-2H3,(H,17,20). The minimum Gasteiger partial charge on any atom is -0.495 e. The highest BCUT2D eigenvalue weighted by Gasteiger charge is 2.27. The van der Waals surface area contributed by atoms with Gasteiger partial charge in [0.05, 0.1) is 12.8 Å². The van der Waals surface area contributed by atoms with Gasteiger partial charge in [0.15, 0.2) is 0 Å². The van der Waals surface area contributed by atoms with E-state index in [0.29, 0.717) is 43.8 Å². The summed E-state index contributed by atoms with van der Waals surface area (Å²) < 4.78 is 5.23. The number of anilines is 1. The van der Waals surface area contributed by atoms with Crippen molar-refractivity contribution in [2.75, 3.05) is 25.5 Å². The van der Waals surface area contributed by atoms with E-state index in [9.17, 15) is 9.59 Å². The highest BCUT2D eigenvalue weighted by molar-refractivity contribution is 5.94. The predicted molar refractivity (Wildman–Crippen MR) is 81.2 cm³/mol. The Hall–Kier alpha value is -2.04. The Kier molecular flexibility index (Phi) is 5.20. The Bertz CT molecular complexity index is 508. The number of carbonyl (C=O) groups excluding carboxylic acids is 2. The number of nitrogens with one attached hydrogen (secondary N) is 1. The van der Waals surface area contributed by atoms with Gasteiger partial charge in [0.1, 0.15) is 5.75 Å². The quantitative estimate of drug-likeness (QED) is 0.925. The second-order valence-corrected chi connectivity index (χ2v) is 5.20. The number of likely N-dealkylation sites (tertiary alicyclic amines) is 1. The van der Waals surface area contributed by atoms with Gasteiger partial charge in [0.2, 0.25) is 11.8 Å². The molecule has 1 aromatic rings. The summed E-state index contributed by atoms with van der Waals surface area (Å²) in [4.78, 5) is 25.8. The van der Waals surface area contributed by atoms with Gasteiger partial charge in [-0.1, -0.05) is 19.1 Å². The minimum atomic E-state index is -0.0455. The van der Waals surface area contributed by atoms with Gasteiger partial charge in [-0.2, -0.15) is 0 Å². The number of amides is 2. The van der Waals surface area contributed by atoms with Crippen LogP contribution in [0.5, 0.6) is 5.75 Å². The van der Waals surface area contributed by atoms with Crippen molar-refractivity contribution < 1.29 is 14.3 Å². The fourth-order valence-electron chi connectivity index (χ4n) is 2.60. The summed E-state index contributed by atoms with van der Waals surface area (Å²) in [6.07, 6.45) is 1.96. The Labute approximate surface area is 125 Å². The zero-order chi connectivity index (χ0) is 15.2. The lowest BCUT2D eigenvalue weighted by atomic mass is 9.95. The van der Waals surface area contributed by atoms with Crippen molar-refractivity contribution in [3.63, 3.8) is 0 Å². The lowest BCUT2D eigenvalue weighted by Gasteiger charge is -2.31. The smallest absolute Gasteiger partial charge is 0.227 e. The average molecular weight is 290 g/mol. The molecule has 1 aromatic carbocycles. The van der Waals surface area contributed by atoms with Gasteiger partial charge in [0.25, 0.3) is 0 Å². The van der Waals surface area contributed by atoms with E-state index in [2.05, 4.69) is 5.32 Å². The maximum Gasteiger partial charge on any atom is 0.227 e. The van der Waals surface area contributed by atoms with E-state index < -0.39 is 0 Å². The minimum absolute atomic E-state index is 0.00287. The van der Waals surface area contributed by atoms with E-state index in [1.807, 2.05) is 36.1 Å². The largest absolute Gasteiger partial charge is 0.495 e. The third-order valence-electron chi connectivity index (χ3n) is 3.89. The Morgan fingerprint density at radius 3 is 2.57 bits per heavy atom. The van der Waals surface area contributed by atoms with Gasteiger partial charge >= 0.3 is 0 Å². The van der Waals surface area contributed by atoms with Crippen LogP contribution in [0, 0.1) is 5.92 Å². The summed E-state index contributed by atoms with van der Waals surface area (Å²) in [5.41, 5.74) is 0.692. The molecule has 2 rings (SSSR count). The van der Waals surface area contributed by atoms with Crippen LogP contribution in [0.25, 0.3) is 0 Å². The predicted octanol–water partition coefficient (Wildman–Crippen LogP) is 2.28. The molecule has 21 heavy (non-hydrogen) atoms. The number of rotatable bonds is 4. The first-order valence-corrected chi connectivity index (χ1v) is 7.37. The van der Waals surface area contributed by atoms with Crippen molar-refractivity contribution in [2.45, 2.75) is 26.2 Å². The van der Waals surface area contributed by atoms with Crippen LogP contribution in [-0.4, -0.2) is 36.9 Å². The molecule has 0 saturated carbocycles. The molecule has 0 aromatic heterocycles. The van der Waals surface area contributed by atoms with Crippen LogP contribution in [0.1, 0.15) is 26.2 Å². The third kappa shape index (κ3) is 3.74. The number of nitrogens with zero attached hydrogens (tertiary/aromatic N) is 1. The van der Waals surface area contributed by atoms with E-state index in [4.69, 9.17) is 4.74 Å². The molecule has 114 valence electrons. The molecule has 1 aliphatic heterocycles. The molecular weight excluding hydrogens is 268 g/mol. The molecule has 2 amide bonds. The molecule has 0 unspecified atom stereocenters. The first-order valence-electron chi connectivity index (χ1n) is 7.37. The van der Waals surface area contributed by atoms with Crippen LogP contribution < -0.4 is 10.1 Å². The van der Waals surface area contributed by atoms with Crippen LogP contribution in [-0.2, 0) is 9.59 Å². The Balaban J connectivity index is 1.92. The summed E-state index contributed by atoms with van der Waals surface area (Å²) in [7, 11) is 1.58. The van der Waals surface area contributed by atoms with E-state index in [1.54, 1.807) is 7.11 Å². The Morgan fingerprint density at radius 1 is 1.29 bits per heavy atom. The summed E-state index contributed by atoms with van der Waals surface area (Å²) >= 11 is 0. The monoisotopic (exact) mass is 290 g/mol. The number of para-hydroxylation sites is 2. The van der Waals surface area contributed by atoms with Gasteiger partial charge in [-0.05, 0) is 25.0 Å². The summed E-state index contributed by atoms with van der Waals surface area (Å²) in [5, 5.41) is 2.92. The molecule has 0 spiro atoms. The average Bonchev–Trinajstić information content (AvgIpc) is 2.54. The molecule has 1 aliphatic rings. The van der Waals surface area contributed by atoms with Gasteiger partial charge in [-0.3, -0.25) is 9.59 Å². The van der Waals surface area contributed by atoms with Gasteiger partial charge in [-0.15, -0.1) is 0 Å². The SMILES string of the molecule is CCC(=O)N1CCC(C(=O)Nc2ccccc2OC)CC1. The number of hydrogen-bond acceptors (Lipinski definition) is 3. The molecular formula is C16H22N2O3. The van der Waals surface area contributed by atoms with Crippen LogP contribution in [0.2, 0.25) is 0 Å². The van der Waals surface area contributed by atoms with Crippen LogP contribution in [0.15, 0.2) is 24.3 Å². The van der Waals surface area contributed by atoms with Crippen molar-refractivity contribution in [3.05, 3.63) is 24.3 Å². The normalized spacial score (nSPS) is 15.6. The molecule has 1 heterocycles. The lowest BCUT2D eigenvalue weighted by molar-refractivity contribution is -0.134. The van der Waals surface area contributed by atoms with E-state index in [1.165, 1.54) is 0 Å². The number of piperidine rings is 1. The highest BCUT2D eigenvalue weighted by atomic mass is 16.5. The molecule has 1 N–H and O–H groups in total. The fraction of sp³-hybridized carbons (Fsp3) is 0.500. The maximum atomic E-state index is 12.3. The van der Waals surface area contributed by atoms with Gasteiger partial charge < -0.3 is 15.0 Å². The number of hydrogen-bond donors (Lipinski definition) is 1. The second kappa shape index (κ2) is 7.11. The molecule has 0 radical (unpaired) electrons. The fourth-order valence-corrected chi connectivity index (χ4v) is 2.60. The molecule has 5 heteroatoms. The zero-order valence-corrected chi connectivity index (χ0v) is 12.6. The number of methoxy groups -OCH3 is 1. The van der Waals surface area contributed by atoms with Crippen molar-refractivity contribution in [1.82, 2.24) is 4.90 Å². The topological polar surface area (TPSA) is 58.6 Å². The van der Waals surface area contributed by atoms with Crippen molar-refractivity contribution in [2.24, 2.45) is 5.92 Å². The van der Waals surface area contributed by atoms with E-state index in [-0.39, 0.29) is 17.7 Å². The van der Waals surface area contributed by atoms with Crippen LogP contribution in [0.3, 0.4) is 0 Å². The first kappa shape index (κ1) is 15.4. The summed E-state index contributed by atoms with van der Waals surface area (Å²) in [6.45, 7) is 3.19. The molecule has 5 nitrogen and oxygen atoms in total. The molecule has 0 atom stereocenters. The van der Waals surface area contributed by atoms with Gasteiger partial charge in [0, 0.05) is 25.4 Å². The van der Waals surface area contributed by atoms with Crippen molar-refractivity contribution >= 4 is 17.5 Å². The molecule has 0 bridgehead atoms. The van der Waals surface area contributed by atoms with Crippen molar-refractivity contribution in [3.8, 4) is 5.75 Å². The van der Waals surface area contributed by atoms with E-state index in [0.717, 1.165) is 0 Å². The van der Waals surface area contributed by atoms with Crippen LogP contribution >= 0.6 is 0 Å². The molecule has 1 saturated heterocycles. The summed E-state index contributed by atoms with van der Waals surface area (Å²) in [5.74, 6) is 0.780. The lowest BCUT2D eigenvalue weighted by Crippen LogP contribution is -2.41. The first-order chi connectivity index (χ1) is 10.2. The number of ether oxygens (including phenoxy) is 1. The second-order valence-electron chi connectivity index (χ2n) is 5.20. The Morgan fingerprint density at radius 2 is 1.95 bits per heavy atom. The van der Waals surface area contributed by atoms with Gasteiger partial charge in [-0.25, -0.2) is 0 Å². The highest BCUT2D eigenvalue weighted by Crippen LogP contribution is 2.25. The van der Waals surface area contributed by atoms with Crippen molar-refractivity contribution in [1.29, 1.82) is 0 Å². The summed E-state index contributed by atoms with van der Waals surface area (Å²) in [6, 6.07) is 7.37. The number of benzene rings is 1. The molecule has 0 aliphatic carbocycles. The zero-order valence-electron chi connectivity index (χ0n) is 12.6.